The first kappa shape index (κ1) is 37.7. The maximum Gasteiger partial charge on any atom is 0.485 e. The number of halogens is 3. The summed E-state index contributed by atoms with van der Waals surface area (Å²) >= 11 is 0. The van der Waals surface area contributed by atoms with Gasteiger partial charge in [0, 0.05) is 11.1 Å². The summed E-state index contributed by atoms with van der Waals surface area (Å²) in [5.74, 6) is 0. The van der Waals surface area contributed by atoms with Crippen LogP contribution in [-0.4, -0.2) is 18.5 Å². The van der Waals surface area contributed by atoms with Crippen molar-refractivity contribution in [1.29, 1.82) is 0 Å². The minimum absolute atomic E-state index is 0.416. The lowest BCUT2D eigenvalue weighted by atomic mass is 9.88. The van der Waals surface area contributed by atoms with Crippen LogP contribution < -0.4 is 0 Å². The van der Waals surface area contributed by atoms with Crippen LogP contribution in [0.1, 0.15) is 0 Å². The van der Waals surface area contributed by atoms with E-state index < -0.39 is 26.5 Å². The van der Waals surface area contributed by atoms with Crippen LogP contribution in [0.25, 0.3) is 65.7 Å². The van der Waals surface area contributed by atoms with Gasteiger partial charge in [-0.25, -0.2) is 8.42 Å². The fourth-order valence-electron chi connectivity index (χ4n) is 7.29. The van der Waals surface area contributed by atoms with Crippen LogP contribution >= 0.6 is 0 Å². The topological polar surface area (TPSA) is 57.2 Å². The molecule has 9 aromatic rings. The average Bonchev–Trinajstić information content (AvgIpc) is 3.23. The molecule has 0 amide bonds. The van der Waals surface area contributed by atoms with Crippen molar-refractivity contribution < 1.29 is 26.1 Å². The molecule has 57 heavy (non-hydrogen) atoms. The van der Waals surface area contributed by atoms with Gasteiger partial charge in [-0.2, -0.15) is 13.2 Å². The van der Waals surface area contributed by atoms with Gasteiger partial charge in [0.15, 0.2) is 24.8 Å². The van der Waals surface area contributed by atoms with Crippen molar-refractivity contribution in [3.63, 3.8) is 0 Å². The van der Waals surface area contributed by atoms with Gasteiger partial charge in [-0.1, -0.05) is 164 Å². The standard InChI is InChI=1S/C48H33S.CHF3O3S/c1-3-22-38(23-4-1)49(39-24-5-2-6-25-39)48-46(44-30-14-20-35-17-8-11-27-41(35)44)32-37(43-29-13-19-34-16-7-10-26-40(34)43)33-47(48)45-31-15-21-36-18-9-12-28-42(36)45;2-1(3,4)8(5,6)7/h1-33H;(H,5,6,7)/q+1;/p-1. The molecule has 0 saturated carbocycles. The normalized spacial score (nSPS) is 11.8. The minimum atomic E-state index is -6.09. The maximum absolute atomic E-state index is 10.7. The van der Waals surface area contributed by atoms with E-state index in [-0.39, 0.29) is 0 Å². The molecule has 9 aromatic carbocycles. The summed E-state index contributed by atoms with van der Waals surface area (Å²) in [6, 6.07) is 73.7. The molecule has 0 N–H and O–H groups in total. The summed E-state index contributed by atoms with van der Waals surface area (Å²) in [6.45, 7) is 0. The molecule has 0 spiro atoms. The number of benzene rings is 9. The van der Waals surface area contributed by atoms with E-state index in [1.54, 1.807) is 0 Å². The first-order valence-corrected chi connectivity index (χ1v) is 20.7. The highest BCUT2D eigenvalue weighted by atomic mass is 32.2. The fraction of sp³-hybridized carbons (Fsp3) is 0.0204. The summed E-state index contributed by atoms with van der Waals surface area (Å²) < 4.78 is 58.9. The second-order valence-corrected chi connectivity index (χ2v) is 16.6. The van der Waals surface area contributed by atoms with Crippen molar-refractivity contribution in [2.75, 3.05) is 0 Å². The van der Waals surface area contributed by atoms with Crippen LogP contribution in [0, 0.1) is 0 Å². The van der Waals surface area contributed by atoms with Gasteiger partial charge in [0.1, 0.15) is 10.9 Å². The van der Waals surface area contributed by atoms with Gasteiger partial charge < -0.3 is 4.55 Å². The molecular weight excluding hydrogens is 758 g/mol. The molecule has 0 atom stereocenters. The van der Waals surface area contributed by atoms with E-state index in [0.29, 0.717) is 0 Å². The van der Waals surface area contributed by atoms with Crippen LogP contribution in [0.4, 0.5) is 13.2 Å². The van der Waals surface area contributed by atoms with E-state index in [4.69, 9.17) is 13.0 Å². The number of fused-ring (bicyclic) bond motifs is 3. The predicted molar refractivity (Wildman–Crippen MR) is 226 cm³/mol. The Kier molecular flexibility index (Phi) is 10.4. The van der Waals surface area contributed by atoms with E-state index >= 15 is 0 Å². The number of alkyl halides is 3. The number of hydrogen-bond donors (Lipinski definition) is 0. The van der Waals surface area contributed by atoms with Crippen molar-refractivity contribution >= 4 is 53.3 Å². The first-order valence-electron chi connectivity index (χ1n) is 18.1. The molecule has 8 heteroatoms. The first-order chi connectivity index (χ1) is 27.6. The zero-order valence-corrected chi connectivity index (χ0v) is 31.9. The second-order valence-electron chi connectivity index (χ2n) is 13.3. The average molecular weight is 791 g/mol. The van der Waals surface area contributed by atoms with Crippen molar-refractivity contribution in [2.45, 2.75) is 20.2 Å². The third-order valence-electron chi connectivity index (χ3n) is 9.79. The Hall–Kier alpha value is -6.19. The molecule has 3 nitrogen and oxygen atoms in total. The van der Waals surface area contributed by atoms with Crippen LogP contribution in [0.15, 0.2) is 215 Å². The van der Waals surface area contributed by atoms with Gasteiger partial charge in [0.2, 0.25) is 0 Å². The van der Waals surface area contributed by atoms with E-state index in [1.165, 1.54) is 80.4 Å². The molecule has 0 heterocycles. The van der Waals surface area contributed by atoms with Crippen LogP contribution in [0.2, 0.25) is 0 Å². The van der Waals surface area contributed by atoms with E-state index in [0.717, 1.165) is 0 Å². The van der Waals surface area contributed by atoms with Gasteiger partial charge in [-0.15, -0.1) is 0 Å². The zero-order valence-electron chi connectivity index (χ0n) is 30.2. The third-order valence-corrected chi connectivity index (χ3v) is 12.7. The van der Waals surface area contributed by atoms with Crippen molar-refractivity contribution in [2.24, 2.45) is 0 Å². The highest BCUT2D eigenvalue weighted by Gasteiger charge is 2.37. The molecule has 0 unspecified atom stereocenters. The predicted octanol–water partition coefficient (Wildman–Crippen LogP) is 13.3. The highest BCUT2D eigenvalue weighted by Crippen LogP contribution is 2.48. The Morgan fingerprint density at radius 2 is 0.719 bits per heavy atom. The van der Waals surface area contributed by atoms with Crippen LogP contribution in [0.5, 0.6) is 0 Å². The smallest absolute Gasteiger partial charge is 0.485 e. The van der Waals surface area contributed by atoms with Crippen LogP contribution in [-0.2, 0) is 21.0 Å². The Labute approximate surface area is 331 Å². The molecule has 0 fully saturated rings. The van der Waals surface area contributed by atoms with Gasteiger partial charge in [0.25, 0.3) is 0 Å². The molecule has 0 aliphatic carbocycles. The monoisotopic (exact) mass is 790 g/mol. The lowest BCUT2D eigenvalue weighted by Crippen LogP contribution is -2.21. The van der Waals surface area contributed by atoms with Crippen molar-refractivity contribution in [3.05, 3.63) is 200 Å². The molecule has 0 radical (unpaired) electrons. The molecule has 0 aromatic heterocycles. The van der Waals surface area contributed by atoms with Gasteiger partial charge in [0.05, 0.1) is 0 Å². The van der Waals surface area contributed by atoms with Gasteiger partial charge in [-0.05, 0) is 91.0 Å². The van der Waals surface area contributed by atoms with Crippen molar-refractivity contribution in [3.8, 4) is 33.4 Å². The number of hydrogen-bond acceptors (Lipinski definition) is 3. The SMILES string of the molecule is O=S(=O)([O-])C(F)(F)F.c1ccc([S+](c2ccccc2)c2c(-c3cccc4ccccc34)cc(-c3cccc4ccccc34)cc2-c2cccc3ccccc23)cc1. The molecule has 0 saturated heterocycles. The van der Waals surface area contributed by atoms with Gasteiger partial charge >= 0.3 is 5.51 Å². The zero-order chi connectivity index (χ0) is 39.6. The molecular formula is C49H33F3O3S2. The minimum Gasteiger partial charge on any atom is -0.741 e. The number of rotatable bonds is 6. The van der Waals surface area contributed by atoms with Crippen molar-refractivity contribution in [1.82, 2.24) is 0 Å². The fourth-order valence-corrected chi connectivity index (χ4v) is 9.67. The van der Waals surface area contributed by atoms with E-state index in [1.807, 2.05) is 0 Å². The lowest BCUT2D eigenvalue weighted by molar-refractivity contribution is -0.0517. The Balaban J connectivity index is 0.000000517. The Bertz CT molecular complexity index is 2830. The Morgan fingerprint density at radius 3 is 1.11 bits per heavy atom. The largest absolute Gasteiger partial charge is 0.741 e. The summed E-state index contributed by atoms with van der Waals surface area (Å²) in [7, 11) is -6.51. The molecule has 280 valence electrons. The van der Waals surface area contributed by atoms with E-state index in [2.05, 4.69) is 200 Å². The summed E-state index contributed by atoms with van der Waals surface area (Å²) in [5, 5.41) is 7.51. The molecule has 0 aliphatic heterocycles. The Morgan fingerprint density at radius 1 is 0.404 bits per heavy atom. The van der Waals surface area contributed by atoms with E-state index in [9.17, 15) is 13.2 Å². The highest BCUT2D eigenvalue weighted by molar-refractivity contribution is 7.97. The lowest BCUT2D eigenvalue weighted by Gasteiger charge is -2.21. The third kappa shape index (κ3) is 7.67. The quantitative estimate of drug-likeness (QED) is 0.0957. The second kappa shape index (κ2) is 15.7. The summed E-state index contributed by atoms with van der Waals surface area (Å²) in [5.41, 5.74) is 1.85. The summed E-state index contributed by atoms with van der Waals surface area (Å²) in [4.78, 5) is 3.94. The summed E-state index contributed by atoms with van der Waals surface area (Å²) in [6.07, 6.45) is 0. The molecule has 9 rings (SSSR count). The van der Waals surface area contributed by atoms with Crippen LogP contribution in [0.3, 0.4) is 0 Å². The maximum atomic E-state index is 10.7. The molecule has 0 aliphatic rings. The molecule has 0 bridgehead atoms. The van der Waals surface area contributed by atoms with Gasteiger partial charge in [-0.3, -0.25) is 0 Å².